The second kappa shape index (κ2) is 5.72. The number of nitrogens with zero attached hydrogens (tertiary/aromatic N) is 2. The Bertz CT molecular complexity index is 770. The maximum absolute atomic E-state index is 12.3. The van der Waals surface area contributed by atoms with Crippen molar-refractivity contribution in [3.05, 3.63) is 39.2 Å². The number of hydrogen-bond donors (Lipinski definition) is 2. The van der Waals surface area contributed by atoms with E-state index in [4.69, 9.17) is 28.9 Å². The van der Waals surface area contributed by atoms with Gasteiger partial charge in [0.15, 0.2) is 0 Å². The number of halogens is 3. The third-order valence-corrected chi connectivity index (χ3v) is 5.11. The number of nitrogens with one attached hydrogen (secondary N) is 1. The van der Waals surface area contributed by atoms with Crippen molar-refractivity contribution >= 4 is 60.7 Å². The van der Waals surface area contributed by atoms with Gasteiger partial charge in [-0.2, -0.15) is 4.98 Å². The smallest absolute Gasteiger partial charge is 0.264 e. The van der Waals surface area contributed by atoms with Gasteiger partial charge in [-0.25, -0.2) is 13.4 Å². The Morgan fingerprint density at radius 1 is 1.30 bits per heavy atom. The van der Waals surface area contributed by atoms with Gasteiger partial charge >= 0.3 is 0 Å². The second-order valence-electron chi connectivity index (χ2n) is 3.62. The maximum atomic E-state index is 12.3. The molecule has 0 aliphatic rings. The summed E-state index contributed by atoms with van der Waals surface area (Å²) in [6.45, 7) is 0. The zero-order valence-electron chi connectivity index (χ0n) is 9.64. The lowest BCUT2D eigenvalue weighted by Gasteiger charge is -2.11. The summed E-state index contributed by atoms with van der Waals surface area (Å²) in [6.07, 6.45) is 1.33. The minimum Gasteiger partial charge on any atom is -0.398 e. The van der Waals surface area contributed by atoms with E-state index in [2.05, 4.69) is 30.6 Å². The van der Waals surface area contributed by atoms with Crippen LogP contribution in [0.25, 0.3) is 0 Å². The number of benzene rings is 1. The van der Waals surface area contributed by atoms with E-state index < -0.39 is 10.0 Å². The van der Waals surface area contributed by atoms with Crippen molar-refractivity contribution < 1.29 is 8.42 Å². The summed E-state index contributed by atoms with van der Waals surface area (Å²) in [4.78, 5) is 7.30. The van der Waals surface area contributed by atoms with Gasteiger partial charge in [0.25, 0.3) is 10.0 Å². The molecule has 0 unspecified atom stereocenters. The highest BCUT2D eigenvalue weighted by atomic mass is 79.9. The molecule has 0 aliphatic carbocycles. The molecule has 0 atom stereocenters. The highest BCUT2D eigenvalue weighted by Crippen LogP contribution is 2.32. The van der Waals surface area contributed by atoms with E-state index in [1.807, 2.05) is 0 Å². The summed E-state index contributed by atoms with van der Waals surface area (Å²) in [6, 6.07) is 4.07. The molecule has 1 aromatic heterocycles. The summed E-state index contributed by atoms with van der Waals surface area (Å²) < 4.78 is 27.0. The Morgan fingerprint density at radius 3 is 2.65 bits per heavy atom. The average Bonchev–Trinajstić information content (AvgIpc) is 2.33. The number of sulfonamides is 1. The Labute approximate surface area is 133 Å². The maximum Gasteiger partial charge on any atom is 0.264 e. The van der Waals surface area contributed by atoms with Crippen LogP contribution in [0.1, 0.15) is 0 Å². The first kappa shape index (κ1) is 15.3. The van der Waals surface area contributed by atoms with E-state index in [0.29, 0.717) is 0 Å². The summed E-state index contributed by atoms with van der Waals surface area (Å²) in [5, 5.41) is 0.127. The Kier molecular flexibility index (Phi) is 4.38. The van der Waals surface area contributed by atoms with Gasteiger partial charge in [-0.05, 0) is 45.7 Å². The first-order valence-electron chi connectivity index (χ1n) is 5.05. The van der Waals surface area contributed by atoms with Crippen LogP contribution in [0, 0.1) is 0 Å². The van der Waals surface area contributed by atoms with Crippen molar-refractivity contribution in [2.24, 2.45) is 0 Å². The number of hydrogen-bond acceptors (Lipinski definition) is 5. The molecule has 0 aliphatic heterocycles. The van der Waals surface area contributed by atoms with Crippen LogP contribution in [0.2, 0.25) is 10.3 Å². The van der Waals surface area contributed by atoms with Gasteiger partial charge in [0.2, 0.25) is 5.28 Å². The highest BCUT2D eigenvalue weighted by molar-refractivity contribution is 9.10. The van der Waals surface area contributed by atoms with E-state index in [1.54, 1.807) is 0 Å². The molecule has 2 aromatic rings. The molecule has 10 heteroatoms. The van der Waals surface area contributed by atoms with E-state index in [1.165, 1.54) is 24.4 Å². The van der Waals surface area contributed by atoms with Crippen LogP contribution in [0.5, 0.6) is 0 Å². The minimum atomic E-state index is -3.92. The van der Waals surface area contributed by atoms with Crippen molar-refractivity contribution in [2.45, 2.75) is 4.90 Å². The Morgan fingerprint density at radius 2 is 2.00 bits per heavy atom. The third kappa shape index (κ3) is 3.32. The first-order chi connectivity index (χ1) is 9.29. The SMILES string of the molecule is Nc1cc(Cl)cc(S(=O)(=O)Nc2ccnc(Cl)n2)c1Br. The predicted molar refractivity (Wildman–Crippen MR) is 81.4 cm³/mol. The van der Waals surface area contributed by atoms with Crippen molar-refractivity contribution in [1.82, 2.24) is 9.97 Å². The molecule has 2 rings (SSSR count). The van der Waals surface area contributed by atoms with E-state index in [0.717, 1.165) is 0 Å². The van der Waals surface area contributed by atoms with Gasteiger partial charge in [0, 0.05) is 16.9 Å². The fraction of sp³-hybridized carbons (Fsp3) is 0. The van der Waals surface area contributed by atoms with Crippen LogP contribution < -0.4 is 10.5 Å². The number of rotatable bonds is 3. The Hall–Kier alpha value is -1.09. The Balaban J connectivity index is 2.46. The predicted octanol–water partition coefficient (Wildman–Crippen LogP) is 2.93. The largest absolute Gasteiger partial charge is 0.398 e. The monoisotopic (exact) mass is 396 g/mol. The van der Waals surface area contributed by atoms with Gasteiger partial charge in [-0.15, -0.1) is 0 Å². The molecule has 0 saturated heterocycles. The normalized spacial score (nSPS) is 11.3. The van der Waals surface area contributed by atoms with E-state index >= 15 is 0 Å². The standard InChI is InChI=1S/C10H7BrCl2N4O2S/c11-9-6(14)3-5(12)4-7(9)20(18,19)17-8-1-2-15-10(13)16-8/h1-4H,14H2,(H,15,16,17). The number of nitrogens with two attached hydrogens (primary N) is 1. The number of anilines is 2. The first-order valence-corrected chi connectivity index (χ1v) is 8.09. The van der Waals surface area contributed by atoms with Crippen molar-refractivity contribution in [3.8, 4) is 0 Å². The van der Waals surface area contributed by atoms with E-state index in [-0.39, 0.29) is 31.2 Å². The lowest BCUT2D eigenvalue weighted by molar-refractivity contribution is 0.600. The molecule has 0 bridgehead atoms. The van der Waals surface area contributed by atoms with Crippen molar-refractivity contribution in [1.29, 1.82) is 0 Å². The summed E-state index contributed by atoms with van der Waals surface area (Å²) in [5.41, 5.74) is 5.87. The van der Waals surface area contributed by atoms with Crippen LogP contribution in [0.15, 0.2) is 33.8 Å². The van der Waals surface area contributed by atoms with E-state index in [9.17, 15) is 8.42 Å². The summed E-state index contributed by atoms with van der Waals surface area (Å²) in [7, 11) is -3.92. The number of nitrogen functional groups attached to an aromatic ring is 1. The molecular formula is C10H7BrCl2N4O2S. The van der Waals surface area contributed by atoms with Crippen LogP contribution in [0.4, 0.5) is 11.5 Å². The highest BCUT2D eigenvalue weighted by Gasteiger charge is 2.21. The average molecular weight is 398 g/mol. The fourth-order valence-electron chi connectivity index (χ4n) is 1.36. The van der Waals surface area contributed by atoms with Gasteiger partial charge in [-0.3, -0.25) is 4.72 Å². The molecule has 3 N–H and O–H groups in total. The molecule has 0 fully saturated rings. The minimum absolute atomic E-state index is 0.0375. The molecule has 6 nitrogen and oxygen atoms in total. The van der Waals surface area contributed by atoms with Crippen LogP contribution in [0.3, 0.4) is 0 Å². The third-order valence-electron chi connectivity index (χ3n) is 2.19. The lowest BCUT2D eigenvalue weighted by atomic mass is 10.3. The van der Waals surface area contributed by atoms with Crippen molar-refractivity contribution in [3.63, 3.8) is 0 Å². The zero-order chi connectivity index (χ0) is 14.9. The molecule has 0 saturated carbocycles. The second-order valence-corrected chi connectivity index (χ2v) is 6.84. The zero-order valence-corrected chi connectivity index (χ0v) is 13.6. The molecule has 0 amide bonds. The molecule has 20 heavy (non-hydrogen) atoms. The van der Waals surface area contributed by atoms with Gasteiger partial charge in [-0.1, -0.05) is 11.6 Å². The molecule has 0 radical (unpaired) electrons. The van der Waals surface area contributed by atoms with Crippen LogP contribution >= 0.6 is 39.1 Å². The topological polar surface area (TPSA) is 98.0 Å². The summed E-state index contributed by atoms with van der Waals surface area (Å²) in [5.74, 6) is 0.0375. The van der Waals surface area contributed by atoms with Crippen molar-refractivity contribution in [2.75, 3.05) is 10.5 Å². The lowest BCUT2D eigenvalue weighted by Crippen LogP contribution is -2.15. The molecule has 0 spiro atoms. The van der Waals surface area contributed by atoms with Crippen LogP contribution in [-0.4, -0.2) is 18.4 Å². The van der Waals surface area contributed by atoms with Gasteiger partial charge < -0.3 is 5.73 Å². The fourth-order valence-corrected chi connectivity index (χ4v) is 3.81. The number of aromatic nitrogens is 2. The molecule has 1 heterocycles. The molecule has 1 aromatic carbocycles. The summed E-state index contributed by atoms with van der Waals surface area (Å²) >= 11 is 14.5. The quantitative estimate of drug-likeness (QED) is 0.612. The van der Waals surface area contributed by atoms with Crippen LogP contribution in [-0.2, 0) is 10.0 Å². The van der Waals surface area contributed by atoms with Gasteiger partial charge in [0.05, 0.1) is 4.47 Å². The van der Waals surface area contributed by atoms with Gasteiger partial charge in [0.1, 0.15) is 10.7 Å². The molecular weight excluding hydrogens is 391 g/mol. The molecule has 106 valence electrons.